The van der Waals surface area contributed by atoms with Gasteiger partial charge in [0.25, 0.3) is 0 Å². The Hall–Kier alpha value is -3.22. The average molecular weight is 295 g/mol. The Labute approximate surface area is 125 Å². The van der Waals surface area contributed by atoms with Crippen LogP contribution < -0.4 is 5.73 Å². The quantitative estimate of drug-likeness (QED) is 0.637. The monoisotopic (exact) mass is 295 g/mol. The van der Waals surface area contributed by atoms with Crippen LogP contribution in [-0.2, 0) is 0 Å². The second-order valence-electron chi connectivity index (χ2n) is 4.67. The molecule has 0 aromatic carbocycles. The molecule has 0 unspecified atom stereocenters. The molecule has 110 valence electrons. The molecule has 0 aliphatic rings. The molecule has 3 aromatic rings. The number of pyridine rings is 2. The van der Waals surface area contributed by atoms with Crippen LogP contribution in [0.3, 0.4) is 0 Å². The lowest BCUT2D eigenvalue weighted by Gasteiger charge is -2.01. The number of H-pyrrole nitrogens is 1. The van der Waals surface area contributed by atoms with Crippen molar-refractivity contribution in [3.8, 4) is 0 Å². The highest BCUT2D eigenvalue weighted by Gasteiger charge is 2.11. The number of nitrogens with two attached hydrogens (primary N) is 1. The summed E-state index contributed by atoms with van der Waals surface area (Å²) < 4.78 is 0. The minimum absolute atomic E-state index is 0.0106. The van der Waals surface area contributed by atoms with E-state index in [0.29, 0.717) is 5.65 Å². The molecule has 0 bridgehead atoms. The maximum Gasteiger partial charge on any atom is 0.354 e. The summed E-state index contributed by atoms with van der Waals surface area (Å²) in [5, 5.41) is 10.6. The summed E-state index contributed by atoms with van der Waals surface area (Å²) in [7, 11) is 1.66. The van der Waals surface area contributed by atoms with Gasteiger partial charge in [0.05, 0.1) is 11.7 Å². The molecule has 3 rings (SSSR count). The third-order valence-corrected chi connectivity index (χ3v) is 3.34. The van der Waals surface area contributed by atoms with E-state index in [0.717, 1.165) is 27.4 Å². The first-order valence-electron chi connectivity index (χ1n) is 6.49. The predicted octanol–water partition coefficient (Wildman–Crippen LogP) is 1.81. The zero-order valence-corrected chi connectivity index (χ0v) is 11.7. The molecule has 0 saturated carbocycles. The van der Waals surface area contributed by atoms with Crippen LogP contribution in [-0.4, -0.2) is 39.3 Å². The zero-order chi connectivity index (χ0) is 15.7. The minimum Gasteiger partial charge on any atom is -0.477 e. The third kappa shape index (κ3) is 2.18. The summed E-state index contributed by atoms with van der Waals surface area (Å²) in [6.07, 6.45) is 6.27. The summed E-state index contributed by atoms with van der Waals surface area (Å²) in [5.74, 6) is -1.07. The Balaban J connectivity index is 2.27. The number of aromatic nitrogens is 3. The van der Waals surface area contributed by atoms with E-state index >= 15 is 0 Å². The van der Waals surface area contributed by atoms with Crippen molar-refractivity contribution in [2.45, 2.75) is 0 Å². The Morgan fingerprint density at radius 3 is 2.82 bits per heavy atom. The van der Waals surface area contributed by atoms with Crippen LogP contribution in [0.2, 0.25) is 0 Å². The van der Waals surface area contributed by atoms with Gasteiger partial charge in [-0.1, -0.05) is 0 Å². The molecule has 0 radical (unpaired) electrons. The van der Waals surface area contributed by atoms with E-state index < -0.39 is 5.97 Å². The third-order valence-electron chi connectivity index (χ3n) is 3.34. The van der Waals surface area contributed by atoms with Gasteiger partial charge in [-0.05, 0) is 12.1 Å². The Bertz CT molecular complexity index is 940. The molecular formula is C15H13N5O2. The van der Waals surface area contributed by atoms with Gasteiger partial charge >= 0.3 is 5.97 Å². The van der Waals surface area contributed by atoms with Crippen LogP contribution in [0.1, 0.15) is 16.1 Å². The number of hydrogen-bond donors (Lipinski definition) is 3. The molecule has 22 heavy (non-hydrogen) atoms. The number of rotatable bonds is 3. The molecule has 0 atom stereocenters. The lowest BCUT2D eigenvalue weighted by molar-refractivity contribution is 0.0691. The van der Waals surface area contributed by atoms with E-state index in [-0.39, 0.29) is 5.69 Å². The first-order chi connectivity index (χ1) is 10.6. The van der Waals surface area contributed by atoms with Crippen molar-refractivity contribution < 1.29 is 9.90 Å². The molecule has 7 heteroatoms. The molecule has 0 saturated heterocycles. The SMILES string of the molecule is CN=CC(=CN)c1cnc2[nH]c3cnc(C(=O)O)cc3c2c1. The number of aromatic carboxylic acids is 1. The Morgan fingerprint density at radius 2 is 2.14 bits per heavy atom. The number of carbonyl (C=O) groups is 1. The number of allylic oxidation sites excluding steroid dienone is 1. The standard InChI is InChI=1S/C15H13N5O2/c1-17-5-9(4-16)8-2-11-10-3-12(15(21)22)18-7-13(10)20-14(11)19-6-8/h2-7H,16H2,1H3,(H,19,20)(H,21,22). The molecular weight excluding hydrogens is 282 g/mol. The van der Waals surface area contributed by atoms with E-state index in [1.165, 1.54) is 18.5 Å². The first-order valence-corrected chi connectivity index (χ1v) is 6.49. The second kappa shape index (κ2) is 5.28. The van der Waals surface area contributed by atoms with Gasteiger partial charge in [0.2, 0.25) is 0 Å². The van der Waals surface area contributed by atoms with Crippen molar-refractivity contribution in [3.05, 3.63) is 42.0 Å². The summed E-state index contributed by atoms with van der Waals surface area (Å²) in [6.45, 7) is 0. The number of nitrogens with one attached hydrogen (secondary N) is 1. The van der Waals surface area contributed by atoms with Crippen LogP contribution in [0.25, 0.3) is 27.5 Å². The van der Waals surface area contributed by atoms with E-state index in [1.54, 1.807) is 19.5 Å². The highest BCUT2D eigenvalue weighted by atomic mass is 16.4. The van der Waals surface area contributed by atoms with Gasteiger partial charge in [0, 0.05) is 47.6 Å². The summed E-state index contributed by atoms with van der Waals surface area (Å²) in [5.41, 5.74) is 8.52. The average Bonchev–Trinajstić information content (AvgIpc) is 2.89. The van der Waals surface area contributed by atoms with Crippen LogP contribution in [0.5, 0.6) is 0 Å². The number of carboxylic acid groups (broad SMARTS) is 1. The van der Waals surface area contributed by atoms with E-state index in [1.807, 2.05) is 6.07 Å². The lowest BCUT2D eigenvalue weighted by atomic mass is 10.1. The molecule has 0 aliphatic carbocycles. The van der Waals surface area contributed by atoms with E-state index in [9.17, 15) is 4.79 Å². The maximum atomic E-state index is 11.1. The maximum absolute atomic E-state index is 11.1. The van der Waals surface area contributed by atoms with Crippen LogP contribution in [0.15, 0.2) is 35.7 Å². The molecule has 0 fully saturated rings. The van der Waals surface area contributed by atoms with Crippen molar-refractivity contribution >= 4 is 39.7 Å². The minimum atomic E-state index is -1.07. The van der Waals surface area contributed by atoms with Crippen LogP contribution in [0, 0.1) is 0 Å². The number of hydrogen-bond acceptors (Lipinski definition) is 5. The lowest BCUT2D eigenvalue weighted by Crippen LogP contribution is -1.98. The Morgan fingerprint density at radius 1 is 1.32 bits per heavy atom. The summed E-state index contributed by atoms with van der Waals surface area (Å²) in [4.78, 5) is 26.4. The van der Waals surface area contributed by atoms with Crippen LogP contribution >= 0.6 is 0 Å². The number of aliphatic imine (C=N–C) groups is 1. The molecule has 3 heterocycles. The van der Waals surface area contributed by atoms with E-state index in [4.69, 9.17) is 10.8 Å². The van der Waals surface area contributed by atoms with Gasteiger partial charge in [0.15, 0.2) is 0 Å². The van der Waals surface area contributed by atoms with Gasteiger partial charge in [0.1, 0.15) is 11.3 Å². The molecule has 0 aliphatic heterocycles. The van der Waals surface area contributed by atoms with Crippen molar-refractivity contribution in [3.63, 3.8) is 0 Å². The topological polar surface area (TPSA) is 117 Å². The first kappa shape index (κ1) is 13.7. The molecule has 0 amide bonds. The highest BCUT2D eigenvalue weighted by Crippen LogP contribution is 2.26. The summed E-state index contributed by atoms with van der Waals surface area (Å²) in [6, 6.07) is 3.43. The van der Waals surface area contributed by atoms with Gasteiger partial charge in [-0.2, -0.15) is 0 Å². The van der Waals surface area contributed by atoms with Gasteiger partial charge in [-0.15, -0.1) is 0 Å². The van der Waals surface area contributed by atoms with Crippen LogP contribution in [0.4, 0.5) is 0 Å². The fraction of sp³-hybridized carbons (Fsp3) is 0.0667. The van der Waals surface area contributed by atoms with Crippen molar-refractivity contribution in [1.29, 1.82) is 0 Å². The van der Waals surface area contributed by atoms with Gasteiger partial charge in [-0.25, -0.2) is 14.8 Å². The molecule has 4 N–H and O–H groups in total. The number of aromatic amines is 1. The number of nitrogens with zero attached hydrogens (tertiary/aromatic N) is 3. The summed E-state index contributed by atoms with van der Waals surface area (Å²) >= 11 is 0. The Kier molecular flexibility index (Phi) is 3.30. The van der Waals surface area contributed by atoms with Crippen molar-refractivity contribution in [1.82, 2.24) is 15.0 Å². The number of carboxylic acids is 1. The normalized spacial score (nSPS) is 12.5. The second-order valence-corrected chi connectivity index (χ2v) is 4.67. The van der Waals surface area contributed by atoms with Gasteiger partial charge in [-0.3, -0.25) is 4.99 Å². The number of fused-ring (bicyclic) bond motifs is 3. The highest BCUT2D eigenvalue weighted by molar-refractivity contribution is 6.13. The largest absolute Gasteiger partial charge is 0.477 e. The van der Waals surface area contributed by atoms with Gasteiger partial charge < -0.3 is 15.8 Å². The predicted molar refractivity (Wildman–Crippen MR) is 84.9 cm³/mol. The van der Waals surface area contributed by atoms with E-state index in [2.05, 4.69) is 19.9 Å². The fourth-order valence-electron chi connectivity index (χ4n) is 2.30. The zero-order valence-electron chi connectivity index (χ0n) is 11.7. The van der Waals surface area contributed by atoms with Crippen molar-refractivity contribution in [2.24, 2.45) is 10.7 Å². The molecule has 7 nitrogen and oxygen atoms in total. The fourth-order valence-corrected chi connectivity index (χ4v) is 2.30. The van der Waals surface area contributed by atoms with Crippen molar-refractivity contribution in [2.75, 3.05) is 7.05 Å². The smallest absolute Gasteiger partial charge is 0.354 e. The molecule has 3 aromatic heterocycles. The molecule has 0 spiro atoms.